The molecule has 0 aliphatic carbocycles. The molecule has 2 aromatic rings. The van der Waals surface area contributed by atoms with Crippen LogP contribution in [0.4, 0.5) is 0 Å². The van der Waals surface area contributed by atoms with Gasteiger partial charge in [0.25, 0.3) is 0 Å². The minimum atomic E-state index is -0.370. The first-order valence-corrected chi connectivity index (χ1v) is 6.51. The number of hydrogen-bond donors (Lipinski definition) is 1. The molecule has 96 valence electrons. The van der Waals surface area contributed by atoms with E-state index in [4.69, 9.17) is 0 Å². The Balaban J connectivity index is 1.94. The van der Waals surface area contributed by atoms with Crippen LogP contribution in [-0.4, -0.2) is 20.8 Å². The van der Waals surface area contributed by atoms with Crippen LogP contribution in [0.1, 0.15) is 24.7 Å². The maximum absolute atomic E-state index is 10.1. The molecule has 0 aliphatic heterocycles. The van der Waals surface area contributed by atoms with Crippen LogP contribution in [-0.2, 0) is 19.4 Å². The fourth-order valence-corrected chi connectivity index (χ4v) is 2.14. The molecule has 0 spiro atoms. The van der Waals surface area contributed by atoms with E-state index in [1.54, 1.807) is 6.20 Å². The summed E-state index contributed by atoms with van der Waals surface area (Å²) in [4.78, 5) is 4.32. The van der Waals surface area contributed by atoms with Crippen molar-refractivity contribution in [3.63, 3.8) is 0 Å². The van der Waals surface area contributed by atoms with Crippen molar-refractivity contribution in [2.24, 2.45) is 0 Å². The summed E-state index contributed by atoms with van der Waals surface area (Å²) in [5.74, 6) is 0.972. The quantitative estimate of drug-likeness (QED) is 0.847. The lowest BCUT2D eigenvalue weighted by Gasteiger charge is -2.12. The highest BCUT2D eigenvalue weighted by atomic mass is 16.3. The molecule has 1 N–H and O–H groups in total. The summed E-state index contributed by atoms with van der Waals surface area (Å²) in [7, 11) is 0. The van der Waals surface area contributed by atoms with Gasteiger partial charge in [-0.3, -0.25) is 0 Å². The topological polar surface area (TPSA) is 38.0 Å². The normalized spacial score (nSPS) is 12.6. The molecular weight excluding hydrogens is 224 g/mol. The Morgan fingerprint density at radius 3 is 2.72 bits per heavy atom. The molecule has 1 aromatic carbocycles. The first-order chi connectivity index (χ1) is 8.79. The van der Waals surface area contributed by atoms with E-state index < -0.39 is 0 Å². The molecule has 1 heterocycles. The summed E-state index contributed by atoms with van der Waals surface area (Å²) < 4.78 is 2.12. The monoisotopic (exact) mass is 244 g/mol. The first kappa shape index (κ1) is 12.8. The van der Waals surface area contributed by atoms with Gasteiger partial charge in [-0.2, -0.15) is 0 Å². The maximum atomic E-state index is 10.1. The summed E-state index contributed by atoms with van der Waals surface area (Å²) in [5, 5.41) is 10.1. The number of aryl methyl sites for hydroxylation is 1. The number of aliphatic hydroxyl groups is 1. The van der Waals surface area contributed by atoms with E-state index in [0.717, 1.165) is 18.8 Å². The van der Waals surface area contributed by atoms with Crippen LogP contribution in [0.2, 0.25) is 0 Å². The van der Waals surface area contributed by atoms with Crippen LogP contribution in [0.3, 0.4) is 0 Å². The van der Waals surface area contributed by atoms with Gasteiger partial charge in [-0.1, -0.05) is 37.3 Å². The summed E-state index contributed by atoms with van der Waals surface area (Å²) in [6.07, 6.45) is 5.79. The molecule has 3 nitrogen and oxygen atoms in total. The highest BCUT2D eigenvalue weighted by molar-refractivity contribution is 5.15. The second-order valence-electron chi connectivity index (χ2n) is 4.58. The van der Waals surface area contributed by atoms with Gasteiger partial charge in [0, 0.05) is 25.4 Å². The van der Waals surface area contributed by atoms with Crippen LogP contribution < -0.4 is 0 Å². The number of rotatable bonds is 6. The standard InChI is InChI=1S/C15H20N2O/c1-2-9-17-10-8-16-15(17)12-14(18)11-13-6-4-3-5-7-13/h3-8,10,14,18H,2,9,11-12H2,1H3. The molecule has 0 aliphatic rings. The lowest BCUT2D eigenvalue weighted by molar-refractivity contribution is 0.171. The molecule has 1 atom stereocenters. The minimum Gasteiger partial charge on any atom is -0.392 e. The van der Waals surface area contributed by atoms with Crippen LogP contribution in [0.5, 0.6) is 0 Å². The van der Waals surface area contributed by atoms with Gasteiger partial charge < -0.3 is 9.67 Å². The van der Waals surface area contributed by atoms with Crippen molar-refractivity contribution in [1.82, 2.24) is 9.55 Å². The Kier molecular flexibility index (Phi) is 4.53. The van der Waals surface area contributed by atoms with Gasteiger partial charge in [0.2, 0.25) is 0 Å². The zero-order chi connectivity index (χ0) is 12.8. The molecule has 0 saturated heterocycles. The summed E-state index contributed by atoms with van der Waals surface area (Å²) in [5.41, 5.74) is 1.17. The van der Waals surface area contributed by atoms with Gasteiger partial charge in [0.15, 0.2) is 0 Å². The Hall–Kier alpha value is -1.61. The SMILES string of the molecule is CCCn1ccnc1CC(O)Cc1ccccc1. The lowest BCUT2D eigenvalue weighted by Crippen LogP contribution is -2.17. The number of benzene rings is 1. The molecule has 0 radical (unpaired) electrons. The maximum Gasteiger partial charge on any atom is 0.111 e. The predicted molar refractivity (Wildman–Crippen MR) is 72.4 cm³/mol. The average Bonchev–Trinajstić information content (AvgIpc) is 2.78. The fourth-order valence-electron chi connectivity index (χ4n) is 2.14. The van der Waals surface area contributed by atoms with Crippen molar-refractivity contribution >= 4 is 0 Å². The molecule has 2 rings (SSSR count). The number of aromatic nitrogens is 2. The van der Waals surface area contributed by atoms with Gasteiger partial charge in [-0.25, -0.2) is 4.98 Å². The van der Waals surface area contributed by atoms with E-state index in [9.17, 15) is 5.11 Å². The Morgan fingerprint density at radius 2 is 2.00 bits per heavy atom. The smallest absolute Gasteiger partial charge is 0.111 e. The third-order valence-electron chi connectivity index (χ3n) is 3.00. The molecule has 3 heteroatoms. The Bertz CT molecular complexity index is 464. The Morgan fingerprint density at radius 1 is 1.22 bits per heavy atom. The van der Waals surface area contributed by atoms with Gasteiger partial charge in [0.1, 0.15) is 5.82 Å². The van der Waals surface area contributed by atoms with Gasteiger partial charge in [-0.05, 0) is 18.4 Å². The molecule has 0 bridgehead atoms. The molecular formula is C15H20N2O. The molecule has 1 unspecified atom stereocenters. The Labute approximate surface area is 108 Å². The highest BCUT2D eigenvalue weighted by Gasteiger charge is 2.10. The number of nitrogens with zero attached hydrogens (tertiary/aromatic N) is 2. The minimum absolute atomic E-state index is 0.370. The third kappa shape index (κ3) is 3.44. The number of imidazole rings is 1. The van der Waals surface area contributed by atoms with E-state index in [0.29, 0.717) is 12.8 Å². The fraction of sp³-hybridized carbons (Fsp3) is 0.400. The van der Waals surface area contributed by atoms with Crippen molar-refractivity contribution in [1.29, 1.82) is 0 Å². The number of hydrogen-bond acceptors (Lipinski definition) is 2. The van der Waals surface area contributed by atoms with E-state index in [2.05, 4.69) is 16.5 Å². The van der Waals surface area contributed by atoms with Crippen LogP contribution in [0.15, 0.2) is 42.7 Å². The third-order valence-corrected chi connectivity index (χ3v) is 3.00. The number of aliphatic hydroxyl groups excluding tert-OH is 1. The summed E-state index contributed by atoms with van der Waals surface area (Å²) in [6, 6.07) is 10.1. The van der Waals surface area contributed by atoms with Gasteiger partial charge >= 0.3 is 0 Å². The van der Waals surface area contributed by atoms with Crippen molar-refractivity contribution in [3.05, 3.63) is 54.1 Å². The zero-order valence-electron chi connectivity index (χ0n) is 10.8. The van der Waals surface area contributed by atoms with Crippen molar-refractivity contribution < 1.29 is 5.11 Å². The van der Waals surface area contributed by atoms with E-state index in [-0.39, 0.29) is 6.10 Å². The van der Waals surface area contributed by atoms with Crippen LogP contribution in [0.25, 0.3) is 0 Å². The van der Waals surface area contributed by atoms with Crippen molar-refractivity contribution in [3.8, 4) is 0 Å². The zero-order valence-corrected chi connectivity index (χ0v) is 10.8. The predicted octanol–water partition coefficient (Wildman–Crippen LogP) is 2.44. The lowest BCUT2D eigenvalue weighted by atomic mass is 10.1. The second kappa shape index (κ2) is 6.36. The van der Waals surface area contributed by atoms with E-state index in [1.165, 1.54) is 5.56 Å². The van der Waals surface area contributed by atoms with Gasteiger partial charge in [-0.15, -0.1) is 0 Å². The average molecular weight is 244 g/mol. The molecule has 18 heavy (non-hydrogen) atoms. The van der Waals surface area contributed by atoms with E-state index in [1.807, 2.05) is 36.5 Å². The second-order valence-corrected chi connectivity index (χ2v) is 4.58. The molecule has 0 saturated carbocycles. The first-order valence-electron chi connectivity index (χ1n) is 6.51. The van der Waals surface area contributed by atoms with Crippen molar-refractivity contribution in [2.45, 2.75) is 38.8 Å². The molecule has 0 fully saturated rings. The van der Waals surface area contributed by atoms with Crippen LogP contribution in [0, 0.1) is 0 Å². The summed E-state index contributed by atoms with van der Waals surface area (Å²) in [6.45, 7) is 3.11. The largest absolute Gasteiger partial charge is 0.392 e. The van der Waals surface area contributed by atoms with Crippen molar-refractivity contribution in [2.75, 3.05) is 0 Å². The van der Waals surface area contributed by atoms with Gasteiger partial charge in [0.05, 0.1) is 6.10 Å². The summed E-state index contributed by atoms with van der Waals surface area (Å²) >= 11 is 0. The van der Waals surface area contributed by atoms with Crippen LogP contribution >= 0.6 is 0 Å². The highest BCUT2D eigenvalue weighted by Crippen LogP contribution is 2.08. The molecule has 1 aromatic heterocycles. The molecule has 0 amide bonds. The van der Waals surface area contributed by atoms with E-state index >= 15 is 0 Å².